The largest absolute Gasteiger partial charge is 0.459 e. The number of ether oxygens (including phenoxy) is 2. The molecule has 3 unspecified atom stereocenters. The fourth-order valence-electron chi connectivity index (χ4n) is 3.46. The number of aliphatic hydroxyl groups excluding tert-OH is 1. The molecular formula is C18H23NO6. The number of allylic oxidation sites excluding steroid dienone is 1. The van der Waals surface area contributed by atoms with E-state index in [0.29, 0.717) is 12.0 Å². The molecule has 7 heteroatoms. The van der Waals surface area contributed by atoms with Crippen LogP contribution in [-0.2, 0) is 32.2 Å². The molecule has 3 heterocycles. The number of carbonyl (C=O) groups is 2. The van der Waals surface area contributed by atoms with Crippen LogP contribution in [0, 0.1) is 5.92 Å². The Balaban J connectivity index is 2.00. The molecule has 25 heavy (non-hydrogen) atoms. The number of aromatic nitrogens is 1. The Morgan fingerprint density at radius 1 is 1.44 bits per heavy atom. The third-order valence-corrected chi connectivity index (χ3v) is 5.19. The average molecular weight is 349 g/mol. The van der Waals surface area contributed by atoms with E-state index in [-0.39, 0.29) is 19.1 Å². The number of esters is 2. The van der Waals surface area contributed by atoms with Crippen molar-refractivity contribution in [2.75, 3.05) is 6.61 Å². The van der Waals surface area contributed by atoms with E-state index in [1.54, 1.807) is 19.9 Å². The summed E-state index contributed by atoms with van der Waals surface area (Å²) in [7, 11) is 0. The monoisotopic (exact) mass is 349 g/mol. The number of hydrogen-bond donors (Lipinski definition) is 2. The summed E-state index contributed by atoms with van der Waals surface area (Å²) in [6, 6.07) is 1.81. The lowest BCUT2D eigenvalue weighted by Gasteiger charge is -2.31. The van der Waals surface area contributed by atoms with Crippen molar-refractivity contribution in [1.29, 1.82) is 0 Å². The van der Waals surface area contributed by atoms with Crippen molar-refractivity contribution in [2.45, 2.75) is 51.5 Å². The van der Waals surface area contributed by atoms with Gasteiger partial charge in [0, 0.05) is 36.2 Å². The zero-order valence-electron chi connectivity index (χ0n) is 14.4. The second-order valence-corrected chi connectivity index (χ2v) is 6.68. The summed E-state index contributed by atoms with van der Waals surface area (Å²) in [6.45, 7) is 3.20. The predicted octanol–water partition coefficient (Wildman–Crippen LogP) is 1.23. The van der Waals surface area contributed by atoms with Gasteiger partial charge >= 0.3 is 11.9 Å². The molecule has 136 valence electrons. The number of aliphatic hydroxyl groups is 2. The number of cyclic esters (lactones) is 1. The number of carbonyl (C=O) groups excluding carboxylic acids is 2. The third-order valence-electron chi connectivity index (χ3n) is 5.19. The summed E-state index contributed by atoms with van der Waals surface area (Å²) in [6.07, 6.45) is 3.88. The van der Waals surface area contributed by atoms with E-state index in [4.69, 9.17) is 9.47 Å². The molecule has 3 atom stereocenters. The molecule has 0 saturated heterocycles. The minimum Gasteiger partial charge on any atom is -0.459 e. The van der Waals surface area contributed by atoms with Crippen molar-refractivity contribution in [2.24, 2.45) is 5.92 Å². The van der Waals surface area contributed by atoms with E-state index in [1.165, 1.54) is 0 Å². The van der Waals surface area contributed by atoms with E-state index < -0.39 is 30.1 Å². The van der Waals surface area contributed by atoms with Gasteiger partial charge in [0.15, 0.2) is 5.60 Å². The molecule has 7 nitrogen and oxygen atoms in total. The van der Waals surface area contributed by atoms with Crippen LogP contribution in [0.15, 0.2) is 23.9 Å². The predicted molar refractivity (Wildman–Crippen MR) is 87.3 cm³/mol. The summed E-state index contributed by atoms with van der Waals surface area (Å²) in [5, 5.41) is 20.2. The third kappa shape index (κ3) is 2.98. The van der Waals surface area contributed by atoms with Crippen molar-refractivity contribution in [3.8, 4) is 0 Å². The lowest BCUT2D eigenvalue weighted by atomic mass is 9.84. The van der Waals surface area contributed by atoms with Gasteiger partial charge in [-0.1, -0.05) is 13.0 Å². The minimum atomic E-state index is -2.07. The van der Waals surface area contributed by atoms with Crippen molar-refractivity contribution in [1.82, 2.24) is 4.57 Å². The van der Waals surface area contributed by atoms with E-state index in [1.807, 2.05) is 16.8 Å². The molecule has 0 bridgehead atoms. The van der Waals surface area contributed by atoms with E-state index >= 15 is 0 Å². The molecule has 3 rings (SSSR count). The second-order valence-electron chi connectivity index (χ2n) is 6.68. The molecule has 0 amide bonds. The number of aryl methyl sites for hydroxylation is 1. The molecule has 0 fully saturated rings. The van der Waals surface area contributed by atoms with Crippen LogP contribution in [0.2, 0.25) is 0 Å². The van der Waals surface area contributed by atoms with Gasteiger partial charge in [0.1, 0.15) is 12.7 Å². The van der Waals surface area contributed by atoms with Crippen LogP contribution in [-0.4, -0.2) is 38.9 Å². The highest BCUT2D eigenvalue weighted by Gasteiger charge is 2.44. The zero-order valence-corrected chi connectivity index (χ0v) is 14.4. The molecule has 0 radical (unpaired) electrons. The topological polar surface area (TPSA) is 98.0 Å². The Kier molecular flexibility index (Phi) is 4.71. The highest BCUT2D eigenvalue weighted by molar-refractivity contribution is 5.89. The first-order valence-electron chi connectivity index (χ1n) is 8.45. The molecule has 2 aliphatic heterocycles. The smallest absolute Gasteiger partial charge is 0.341 e. The van der Waals surface area contributed by atoms with Crippen LogP contribution in [0.1, 0.15) is 44.1 Å². The van der Waals surface area contributed by atoms with E-state index in [2.05, 4.69) is 0 Å². The quantitative estimate of drug-likeness (QED) is 0.584. The van der Waals surface area contributed by atoms with Crippen LogP contribution in [0.3, 0.4) is 0 Å². The maximum Gasteiger partial charge on any atom is 0.341 e. The first kappa shape index (κ1) is 17.7. The first-order valence-corrected chi connectivity index (χ1v) is 8.45. The highest BCUT2D eigenvalue weighted by Crippen LogP contribution is 2.36. The molecule has 1 aromatic rings. The standard InChI is InChI=1S/C18H23NO6/c1-3-12-8-11(2)18(23,10-20)17(22)24-9-13-4-6-19-7-5-14(15(13)19)25-16(12)21/h3-4,6,11,14,20,23H,5,7-10H2,1-2H3/b12-3+. The summed E-state index contributed by atoms with van der Waals surface area (Å²) >= 11 is 0. The Morgan fingerprint density at radius 2 is 2.20 bits per heavy atom. The van der Waals surface area contributed by atoms with Gasteiger partial charge < -0.3 is 24.3 Å². The molecule has 1 aromatic heterocycles. The number of nitrogens with zero attached hydrogens (tertiary/aromatic N) is 1. The Labute approximate surface area is 145 Å². The fraction of sp³-hybridized carbons (Fsp3) is 0.556. The summed E-state index contributed by atoms with van der Waals surface area (Å²) in [5.41, 5.74) is -0.160. The molecule has 0 saturated carbocycles. The Hall–Kier alpha value is -2.12. The van der Waals surface area contributed by atoms with E-state index in [0.717, 1.165) is 17.8 Å². The highest BCUT2D eigenvalue weighted by atomic mass is 16.6. The van der Waals surface area contributed by atoms with Crippen LogP contribution in [0.5, 0.6) is 0 Å². The van der Waals surface area contributed by atoms with Crippen molar-refractivity contribution in [3.63, 3.8) is 0 Å². The first-order chi connectivity index (χ1) is 11.9. The molecule has 2 aliphatic rings. The average Bonchev–Trinajstić information content (AvgIpc) is 3.18. The van der Waals surface area contributed by atoms with Crippen LogP contribution in [0.4, 0.5) is 0 Å². The van der Waals surface area contributed by atoms with Gasteiger partial charge in [-0.25, -0.2) is 9.59 Å². The lowest BCUT2D eigenvalue weighted by molar-refractivity contribution is -0.178. The maximum atomic E-state index is 12.6. The molecular weight excluding hydrogens is 326 g/mol. The maximum absolute atomic E-state index is 12.6. The summed E-state index contributed by atoms with van der Waals surface area (Å²) < 4.78 is 12.9. The normalized spacial score (nSPS) is 31.8. The zero-order chi connectivity index (χ0) is 18.2. The Bertz CT molecular complexity index is 721. The van der Waals surface area contributed by atoms with Crippen molar-refractivity contribution < 1.29 is 29.3 Å². The SMILES string of the molecule is C/C=C1\CC(C)C(O)(CO)C(=O)OCc2ccn3c2C(CC3)OC1=O. The Morgan fingerprint density at radius 3 is 2.88 bits per heavy atom. The molecule has 2 N–H and O–H groups in total. The van der Waals surface area contributed by atoms with Crippen LogP contribution in [0.25, 0.3) is 0 Å². The van der Waals surface area contributed by atoms with E-state index in [9.17, 15) is 19.8 Å². The van der Waals surface area contributed by atoms with Crippen molar-refractivity contribution >= 4 is 11.9 Å². The van der Waals surface area contributed by atoms with Gasteiger partial charge in [0.2, 0.25) is 0 Å². The van der Waals surface area contributed by atoms with Crippen LogP contribution >= 0.6 is 0 Å². The summed E-state index contributed by atoms with van der Waals surface area (Å²) in [4.78, 5) is 25.0. The van der Waals surface area contributed by atoms with Gasteiger partial charge in [-0.15, -0.1) is 0 Å². The van der Waals surface area contributed by atoms with Gasteiger partial charge in [-0.2, -0.15) is 0 Å². The van der Waals surface area contributed by atoms with Gasteiger partial charge in [-0.05, 0) is 19.4 Å². The molecule has 0 spiro atoms. The van der Waals surface area contributed by atoms with Crippen LogP contribution < -0.4 is 0 Å². The lowest BCUT2D eigenvalue weighted by Crippen LogP contribution is -2.49. The molecule has 0 aromatic carbocycles. The van der Waals surface area contributed by atoms with Crippen molar-refractivity contribution in [3.05, 3.63) is 35.2 Å². The number of hydrogen-bond acceptors (Lipinski definition) is 6. The molecule has 0 aliphatic carbocycles. The summed E-state index contributed by atoms with van der Waals surface area (Å²) in [5.74, 6) is -2.06. The minimum absolute atomic E-state index is 0.0410. The fourth-order valence-corrected chi connectivity index (χ4v) is 3.46. The van der Waals surface area contributed by atoms with Gasteiger partial charge in [0.25, 0.3) is 0 Å². The second kappa shape index (κ2) is 6.65. The van der Waals surface area contributed by atoms with Gasteiger partial charge in [-0.3, -0.25) is 0 Å². The van der Waals surface area contributed by atoms with Gasteiger partial charge in [0.05, 0.1) is 12.3 Å². The number of rotatable bonds is 1.